The van der Waals surface area contributed by atoms with E-state index in [0.717, 1.165) is 34.7 Å². The number of carbonyl (C=O) groups excluding carboxylic acids is 1. The van der Waals surface area contributed by atoms with Crippen LogP contribution in [-0.4, -0.2) is 21.2 Å². The summed E-state index contributed by atoms with van der Waals surface area (Å²) in [4.78, 5) is 16.3. The molecule has 33 heavy (non-hydrogen) atoms. The van der Waals surface area contributed by atoms with E-state index in [2.05, 4.69) is 37.7 Å². The molecule has 10 heteroatoms. The van der Waals surface area contributed by atoms with Crippen LogP contribution in [0.5, 0.6) is 0 Å². The summed E-state index contributed by atoms with van der Waals surface area (Å²) in [6.45, 7) is 0. The Bertz CT molecular complexity index is 1380. The summed E-state index contributed by atoms with van der Waals surface area (Å²) in [6.07, 6.45) is 0.717. The molecule has 0 aliphatic heterocycles. The molecular formula is C23H15F4N5O. The van der Waals surface area contributed by atoms with Gasteiger partial charge in [0, 0.05) is 29.4 Å². The molecule has 4 rings (SSSR count). The number of pyridine rings is 1. The third kappa shape index (κ3) is 5.27. The standard InChI is InChI=1S/C23H15F4N5O/c24-20-8-7-18(31-22(33)30-17-6-2-5-16(10-17)23(25,26)27)9-14(20)3-1-4-15-11-28-13-21-19(15)12-29-32-21/h2,5-13H,4H2,(H,29,32)(H2,30,31,33). The Labute approximate surface area is 185 Å². The molecule has 2 aromatic carbocycles. The average Bonchev–Trinajstić information content (AvgIpc) is 3.25. The van der Waals surface area contributed by atoms with Crippen molar-refractivity contribution in [1.29, 1.82) is 0 Å². The van der Waals surface area contributed by atoms with Crippen LogP contribution < -0.4 is 10.6 Å². The van der Waals surface area contributed by atoms with E-state index < -0.39 is 23.6 Å². The highest BCUT2D eigenvalue weighted by Crippen LogP contribution is 2.30. The normalized spacial score (nSPS) is 11.0. The number of nitrogens with zero attached hydrogens (tertiary/aromatic N) is 2. The fraction of sp³-hybridized carbons (Fsp3) is 0.0870. The molecule has 0 fully saturated rings. The Balaban J connectivity index is 1.45. The predicted molar refractivity (Wildman–Crippen MR) is 115 cm³/mol. The summed E-state index contributed by atoms with van der Waals surface area (Å²) in [5.74, 6) is 5.02. The number of urea groups is 1. The van der Waals surface area contributed by atoms with Gasteiger partial charge >= 0.3 is 12.2 Å². The first-order chi connectivity index (χ1) is 15.8. The van der Waals surface area contributed by atoms with Crippen molar-refractivity contribution in [2.45, 2.75) is 12.6 Å². The van der Waals surface area contributed by atoms with Crippen LogP contribution in [0.2, 0.25) is 0 Å². The number of amides is 2. The molecule has 0 unspecified atom stereocenters. The van der Waals surface area contributed by atoms with Gasteiger partial charge in [0.05, 0.1) is 29.0 Å². The number of H-pyrrole nitrogens is 1. The Morgan fingerprint density at radius 2 is 1.82 bits per heavy atom. The molecule has 0 aliphatic rings. The van der Waals surface area contributed by atoms with Crippen LogP contribution in [0.15, 0.2) is 61.1 Å². The Kier molecular flexibility index (Phi) is 5.95. The number of aromatic nitrogens is 3. The number of aromatic amines is 1. The second-order valence-electron chi connectivity index (χ2n) is 6.96. The Morgan fingerprint density at radius 1 is 1.03 bits per heavy atom. The highest BCUT2D eigenvalue weighted by Gasteiger charge is 2.30. The fourth-order valence-electron chi connectivity index (χ4n) is 3.06. The lowest BCUT2D eigenvalue weighted by molar-refractivity contribution is -0.137. The summed E-state index contributed by atoms with van der Waals surface area (Å²) in [7, 11) is 0. The Morgan fingerprint density at radius 3 is 2.61 bits per heavy atom. The number of halogens is 4. The topological polar surface area (TPSA) is 82.7 Å². The molecule has 0 saturated heterocycles. The molecule has 0 atom stereocenters. The van der Waals surface area contributed by atoms with E-state index in [-0.39, 0.29) is 16.9 Å². The van der Waals surface area contributed by atoms with Crippen molar-refractivity contribution >= 4 is 28.3 Å². The maximum atomic E-state index is 14.2. The maximum Gasteiger partial charge on any atom is 0.416 e. The zero-order valence-electron chi connectivity index (χ0n) is 16.8. The maximum absolute atomic E-state index is 14.2. The zero-order chi connectivity index (χ0) is 23.4. The number of carbonyl (C=O) groups is 1. The van der Waals surface area contributed by atoms with Crippen LogP contribution in [0, 0.1) is 17.7 Å². The summed E-state index contributed by atoms with van der Waals surface area (Å²) in [5.41, 5.74) is 0.942. The van der Waals surface area contributed by atoms with E-state index in [9.17, 15) is 22.4 Å². The monoisotopic (exact) mass is 453 g/mol. The van der Waals surface area contributed by atoms with Gasteiger partial charge in [0.1, 0.15) is 5.82 Å². The highest BCUT2D eigenvalue weighted by molar-refractivity contribution is 5.99. The molecule has 2 amide bonds. The predicted octanol–water partition coefficient (Wildman–Crippen LogP) is 5.35. The van der Waals surface area contributed by atoms with Crippen LogP contribution in [0.1, 0.15) is 16.7 Å². The van der Waals surface area contributed by atoms with Crippen LogP contribution in [0.4, 0.5) is 33.7 Å². The van der Waals surface area contributed by atoms with Crippen LogP contribution in [0.25, 0.3) is 10.9 Å². The lowest BCUT2D eigenvalue weighted by Gasteiger charge is -2.11. The summed E-state index contributed by atoms with van der Waals surface area (Å²) in [5, 5.41) is 12.4. The van der Waals surface area contributed by atoms with Gasteiger partial charge in [0.15, 0.2) is 0 Å². The van der Waals surface area contributed by atoms with Gasteiger partial charge in [-0.15, -0.1) is 0 Å². The van der Waals surface area contributed by atoms with Crippen molar-refractivity contribution in [2.75, 3.05) is 10.6 Å². The number of rotatable bonds is 3. The average molecular weight is 453 g/mol. The van der Waals surface area contributed by atoms with E-state index in [1.54, 1.807) is 18.6 Å². The highest BCUT2D eigenvalue weighted by atomic mass is 19.4. The van der Waals surface area contributed by atoms with Gasteiger partial charge in [-0.2, -0.15) is 18.3 Å². The third-order valence-electron chi connectivity index (χ3n) is 4.62. The molecule has 2 heterocycles. The first-order valence-electron chi connectivity index (χ1n) is 9.59. The molecule has 0 bridgehead atoms. The van der Waals surface area contributed by atoms with Gasteiger partial charge in [-0.3, -0.25) is 10.1 Å². The van der Waals surface area contributed by atoms with Crippen LogP contribution in [-0.2, 0) is 12.6 Å². The van der Waals surface area contributed by atoms with Crippen molar-refractivity contribution in [3.8, 4) is 11.8 Å². The number of fused-ring (bicyclic) bond motifs is 1. The SMILES string of the molecule is O=C(Nc1cccc(C(F)(F)F)c1)Nc1ccc(F)c(C#CCc2cncc3[nH]ncc23)c1. The van der Waals surface area contributed by atoms with Gasteiger partial charge in [-0.1, -0.05) is 17.9 Å². The minimum absolute atomic E-state index is 0.0357. The molecular weight excluding hydrogens is 438 g/mol. The fourth-order valence-corrected chi connectivity index (χ4v) is 3.06. The molecule has 0 radical (unpaired) electrons. The van der Waals surface area contributed by atoms with E-state index in [0.29, 0.717) is 6.42 Å². The minimum Gasteiger partial charge on any atom is -0.308 e. The molecule has 0 saturated carbocycles. The van der Waals surface area contributed by atoms with Gasteiger partial charge < -0.3 is 10.6 Å². The van der Waals surface area contributed by atoms with Gasteiger partial charge in [-0.05, 0) is 42.0 Å². The molecule has 0 aliphatic carbocycles. The van der Waals surface area contributed by atoms with Crippen molar-refractivity contribution in [3.05, 3.63) is 83.6 Å². The Hall–Kier alpha value is -4.39. The van der Waals surface area contributed by atoms with E-state index in [1.165, 1.54) is 24.3 Å². The second kappa shape index (κ2) is 9.00. The van der Waals surface area contributed by atoms with E-state index in [1.807, 2.05) is 0 Å². The number of hydrogen-bond donors (Lipinski definition) is 3. The first-order valence-corrected chi connectivity index (χ1v) is 9.59. The van der Waals surface area contributed by atoms with Crippen LogP contribution in [0.3, 0.4) is 0 Å². The molecule has 0 spiro atoms. The molecule has 2 aromatic heterocycles. The molecule has 4 aromatic rings. The summed E-state index contributed by atoms with van der Waals surface area (Å²) in [6, 6.07) is 7.25. The largest absolute Gasteiger partial charge is 0.416 e. The number of alkyl halides is 3. The van der Waals surface area contributed by atoms with Crippen molar-refractivity contribution in [2.24, 2.45) is 0 Å². The number of hydrogen-bond acceptors (Lipinski definition) is 3. The van der Waals surface area contributed by atoms with Gasteiger partial charge in [0.2, 0.25) is 0 Å². The van der Waals surface area contributed by atoms with Gasteiger partial charge in [-0.25, -0.2) is 9.18 Å². The van der Waals surface area contributed by atoms with E-state index >= 15 is 0 Å². The minimum atomic E-state index is -4.53. The molecule has 3 N–H and O–H groups in total. The first kappa shape index (κ1) is 21.8. The van der Waals surface area contributed by atoms with Crippen molar-refractivity contribution in [3.63, 3.8) is 0 Å². The lowest BCUT2D eigenvalue weighted by Crippen LogP contribution is -2.20. The lowest BCUT2D eigenvalue weighted by atomic mass is 10.1. The van der Waals surface area contributed by atoms with Gasteiger partial charge in [0.25, 0.3) is 0 Å². The zero-order valence-corrected chi connectivity index (χ0v) is 16.8. The summed E-state index contributed by atoms with van der Waals surface area (Å²) < 4.78 is 52.6. The van der Waals surface area contributed by atoms with E-state index in [4.69, 9.17) is 0 Å². The summed E-state index contributed by atoms with van der Waals surface area (Å²) >= 11 is 0. The smallest absolute Gasteiger partial charge is 0.308 e. The number of nitrogens with one attached hydrogen (secondary N) is 3. The number of anilines is 2. The van der Waals surface area contributed by atoms with Crippen LogP contribution >= 0.6 is 0 Å². The molecule has 6 nitrogen and oxygen atoms in total. The second-order valence-corrected chi connectivity index (χ2v) is 6.96. The third-order valence-corrected chi connectivity index (χ3v) is 4.62. The van der Waals surface area contributed by atoms with Crippen molar-refractivity contribution in [1.82, 2.24) is 15.2 Å². The quantitative estimate of drug-likeness (QED) is 0.289. The molecule has 166 valence electrons. The number of benzene rings is 2. The van der Waals surface area contributed by atoms with Crippen molar-refractivity contribution < 1.29 is 22.4 Å².